The number of carbonyl (C=O) groups excluding carboxylic acids is 2. The van der Waals surface area contributed by atoms with Gasteiger partial charge in [0.2, 0.25) is 5.91 Å². The van der Waals surface area contributed by atoms with E-state index in [4.69, 9.17) is 5.11 Å². The molecular formula is C13H23N3O4. The van der Waals surface area contributed by atoms with Crippen LogP contribution < -0.4 is 10.6 Å². The molecule has 114 valence electrons. The van der Waals surface area contributed by atoms with E-state index in [1.165, 1.54) is 4.90 Å². The molecule has 1 fully saturated rings. The first-order chi connectivity index (χ1) is 9.35. The van der Waals surface area contributed by atoms with Crippen LogP contribution in [0, 0.1) is 5.41 Å². The van der Waals surface area contributed by atoms with Crippen LogP contribution in [-0.2, 0) is 9.59 Å². The highest BCUT2D eigenvalue weighted by Crippen LogP contribution is 2.20. The molecule has 7 nitrogen and oxygen atoms in total. The van der Waals surface area contributed by atoms with Gasteiger partial charge in [-0.3, -0.25) is 9.59 Å². The lowest BCUT2D eigenvalue weighted by molar-refractivity contribution is -0.147. The van der Waals surface area contributed by atoms with Gasteiger partial charge in [-0.15, -0.1) is 0 Å². The normalized spacial score (nSPS) is 21.9. The molecule has 2 atom stereocenters. The van der Waals surface area contributed by atoms with Gasteiger partial charge in [-0.25, -0.2) is 4.79 Å². The van der Waals surface area contributed by atoms with Crippen LogP contribution in [0.2, 0.25) is 0 Å². The second kappa shape index (κ2) is 6.58. The molecule has 0 radical (unpaired) electrons. The summed E-state index contributed by atoms with van der Waals surface area (Å²) < 4.78 is 0. The molecule has 1 heterocycles. The maximum Gasteiger partial charge on any atom is 0.318 e. The molecule has 0 spiro atoms. The zero-order chi connectivity index (χ0) is 15.3. The Labute approximate surface area is 118 Å². The van der Waals surface area contributed by atoms with Gasteiger partial charge in [-0.1, -0.05) is 13.8 Å². The van der Waals surface area contributed by atoms with Crippen molar-refractivity contribution in [1.29, 1.82) is 0 Å². The molecule has 1 aliphatic rings. The third kappa shape index (κ3) is 3.40. The van der Waals surface area contributed by atoms with Crippen molar-refractivity contribution in [2.75, 3.05) is 19.6 Å². The van der Waals surface area contributed by atoms with E-state index in [0.29, 0.717) is 25.9 Å². The van der Waals surface area contributed by atoms with Gasteiger partial charge in [-0.2, -0.15) is 0 Å². The minimum absolute atomic E-state index is 0.0478. The minimum Gasteiger partial charge on any atom is -0.481 e. The second-order valence-corrected chi connectivity index (χ2v) is 5.29. The molecule has 20 heavy (non-hydrogen) atoms. The van der Waals surface area contributed by atoms with Crippen molar-refractivity contribution in [3.8, 4) is 0 Å². The van der Waals surface area contributed by atoms with Gasteiger partial charge in [0.15, 0.2) is 0 Å². The summed E-state index contributed by atoms with van der Waals surface area (Å²) in [5, 5.41) is 14.5. The molecule has 1 saturated heterocycles. The predicted octanol–water partition coefficient (Wildman–Crippen LogP) is 0.407. The van der Waals surface area contributed by atoms with Crippen molar-refractivity contribution < 1.29 is 19.5 Å². The Kier molecular flexibility index (Phi) is 5.35. The van der Waals surface area contributed by atoms with E-state index < -0.39 is 17.4 Å². The van der Waals surface area contributed by atoms with E-state index >= 15 is 0 Å². The number of nitrogens with one attached hydrogen (secondary N) is 2. The quantitative estimate of drug-likeness (QED) is 0.681. The summed E-state index contributed by atoms with van der Waals surface area (Å²) in [7, 11) is 0. The second-order valence-electron chi connectivity index (χ2n) is 5.29. The number of aliphatic carboxylic acids is 1. The van der Waals surface area contributed by atoms with Gasteiger partial charge < -0.3 is 20.6 Å². The fourth-order valence-corrected chi connectivity index (χ4v) is 2.09. The van der Waals surface area contributed by atoms with E-state index in [2.05, 4.69) is 10.6 Å². The topological polar surface area (TPSA) is 98.7 Å². The van der Waals surface area contributed by atoms with Crippen LogP contribution in [0.3, 0.4) is 0 Å². The van der Waals surface area contributed by atoms with Crippen molar-refractivity contribution in [2.24, 2.45) is 5.41 Å². The lowest BCUT2D eigenvalue weighted by Crippen LogP contribution is -2.60. The lowest BCUT2D eigenvalue weighted by atomic mass is 9.88. The van der Waals surface area contributed by atoms with Crippen LogP contribution in [-0.4, -0.2) is 53.6 Å². The third-order valence-corrected chi connectivity index (χ3v) is 3.90. The number of amides is 3. The highest BCUT2D eigenvalue weighted by atomic mass is 16.4. The Balaban J connectivity index is 2.66. The zero-order valence-electron chi connectivity index (χ0n) is 12.2. The van der Waals surface area contributed by atoms with E-state index in [1.807, 2.05) is 6.92 Å². The van der Waals surface area contributed by atoms with Crippen molar-refractivity contribution in [3.05, 3.63) is 0 Å². The third-order valence-electron chi connectivity index (χ3n) is 3.90. The van der Waals surface area contributed by atoms with Crippen molar-refractivity contribution in [3.63, 3.8) is 0 Å². The largest absolute Gasteiger partial charge is 0.481 e. The van der Waals surface area contributed by atoms with Crippen molar-refractivity contribution >= 4 is 17.9 Å². The monoisotopic (exact) mass is 285 g/mol. The number of rotatable bonds is 5. The fourth-order valence-electron chi connectivity index (χ4n) is 2.09. The lowest BCUT2D eigenvalue weighted by Gasteiger charge is -2.35. The molecule has 0 aromatic heterocycles. The Morgan fingerprint density at radius 2 is 2.15 bits per heavy atom. The van der Waals surface area contributed by atoms with Crippen LogP contribution in [0.5, 0.6) is 0 Å². The van der Waals surface area contributed by atoms with Crippen molar-refractivity contribution in [2.45, 2.75) is 39.7 Å². The first-order valence-electron chi connectivity index (χ1n) is 6.91. The Morgan fingerprint density at radius 1 is 1.50 bits per heavy atom. The van der Waals surface area contributed by atoms with Gasteiger partial charge in [0.1, 0.15) is 6.04 Å². The van der Waals surface area contributed by atoms with Crippen LogP contribution >= 0.6 is 0 Å². The summed E-state index contributed by atoms with van der Waals surface area (Å²) in [6, 6.07) is -0.867. The maximum absolute atomic E-state index is 12.1. The summed E-state index contributed by atoms with van der Waals surface area (Å²) >= 11 is 0. The average Bonchev–Trinajstić information content (AvgIpc) is 2.43. The van der Waals surface area contributed by atoms with Gasteiger partial charge in [0.05, 0.1) is 5.41 Å². The molecule has 2 unspecified atom stereocenters. The Morgan fingerprint density at radius 3 is 2.65 bits per heavy atom. The van der Waals surface area contributed by atoms with Gasteiger partial charge >= 0.3 is 12.0 Å². The van der Waals surface area contributed by atoms with Gasteiger partial charge in [0, 0.05) is 19.6 Å². The van der Waals surface area contributed by atoms with E-state index in [1.54, 1.807) is 13.8 Å². The molecule has 3 N–H and O–H groups in total. The molecule has 0 aromatic carbocycles. The van der Waals surface area contributed by atoms with E-state index in [-0.39, 0.29) is 18.5 Å². The minimum atomic E-state index is -0.991. The summed E-state index contributed by atoms with van der Waals surface area (Å²) in [4.78, 5) is 36.5. The van der Waals surface area contributed by atoms with Crippen LogP contribution in [0.4, 0.5) is 4.79 Å². The first kappa shape index (κ1) is 16.3. The summed E-state index contributed by atoms with van der Waals surface area (Å²) in [6.07, 6.45) is 0.948. The molecule has 0 aromatic rings. The maximum atomic E-state index is 12.1. The van der Waals surface area contributed by atoms with Crippen molar-refractivity contribution in [1.82, 2.24) is 15.5 Å². The SMILES string of the molecule is CCC1C(=O)NCCN1C(=O)NCC(C)(CC)C(=O)O. The molecule has 0 aliphatic carbocycles. The molecule has 7 heteroatoms. The average molecular weight is 285 g/mol. The number of carbonyl (C=O) groups is 3. The molecular weight excluding hydrogens is 262 g/mol. The fraction of sp³-hybridized carbons (Fsp3) is 0.769. The highest BCUT2D eigenvalue weighted by molar-refractivity contribution is 5.88. The molecule has 1 aliphatic heterocycles. The van der Waals surface area contributed by atoms with E-state index in [0.717, 1.165) is 0 Å². The van der Waals surface area contributed by atoms with Gasteiger partial charge in [-0.05, 0) is 19.8 Å². The Bertz CT molecular complexity index is 399. The number of nitrogens with zero attached hydrogens (tertiary/aromatic N) is 1. The predicted molar refractivity (Wildman–Crippen MR) is 73.2 cm³/mol. The number of hydrogen-bond donors (Lipinski definition) is 3. The van der Waals surface area contributed by atoms with Crippen LogP contribution in [0.1, 0.15) is 33.6 Å². The van der Waals surface area contributed by atoms with Crippen LogP contribution in [0.25, 0.3) is 0 Å². The number of carboxylic acid groups (broad SMARTS) is 1. The van der Waals surface area contributed by atoms with Gasteiger partial charge in [0.25, 0.3) is 0 Å². The number of carboxylic acids is 1. The summed E-state index contributed by atoms with van der Waals surface area (Å²) in [6.45, 7) is 6.10. The smallest absolute Gasteiger partial charge is 0.318 e. The molecule has 0 saturated carbocycles. The number of hydrogen-bond acceptors (Lipinski definition) is 3. The van der Waals surface area contributed by atoms with Crippen LogP contribution in [0.15, 0.2) is 0 Å². The molecule has 3 amide bonds. The Hall–Kier alpha value is -1.79. The summed E-state index contributed by atoms with van der Waals surface area (Å²) in [5.41, 5.74) is -0.991. The molecule has 0 bridgehead atoms. The first-order valence-corrected chi connectivity index (χ1v) is 6.91. The number of piperazine rings is 1. The highest BCUT2D eigenvalue weighted by Gasteiger charge is 2.35. The van der Waals surface area contributed by atoms with E-state index in [9.17, 15) is 14.4 Å². The molecule has 1 rings (SSSR count). The number of urea groups is 1. The summed E-state index contributed by atoms with van der Waals surface area (Å²) in [5.74, 6) is -1.10. The standard InChI is InChI=1S/C13H23N3O4/c1-4-9-10(17)14-6-7-16(9)12(20)15-8-13(3,5-2)11(18)19/h9H,4-8H2,1-3H3,(H,14,17)(H,15,20)(H,18,19). The zero-order valence-corrected chi connectivity index (χ0v) is 12.2.